The van der Waals surface area contributed by atoms with Gasteiger partial charge in [0.1, 0.15) is 5.75 Å². The lowest BCUT2D eigenvalue weighted by molar-refractivity contribution is 0.0600. The predicted molar refractivity (Wildman–Crippen MR) is 60.9 cm³/mol. The van der Waals surface area contributed by atoms with E-state index in [1.54, 1.807) is 24.3 Å². The highest BCUT2D eigenvalue weighted by Crippen LogP contribution is 2.13. The Morgan fingerprint density at radius 1 is 1.24 bits per heavy atom. The van der Waals surface area contributed by atoms with Gasteiger partial charge < -0.3 is 19.7 Å². The van der Waals surface area contributed by atoms with E-state index in [1.165, 1.54) is 7.11 Å². The molecule has 0 amide bonds. The first-order valence-corrected chi connectivity index (χ1v) is 5.24. The lowest BCUT2D eigenvalue weighted by Gasteiger charge is -2.12. The molecule has 0 spiro atoms. The second-order valence-corrected chi connectivity index (χ2v) is 3.56. The van der Waals surface area contributed by atoms with E-state index in [0.717, 1.165) is 0 Å². The van der Waals surface area contributed by atoms with Crippen LogP contribution in [0.25, 0.3) is 0 Å². The van der Waals surface area contributed by atoms with E-state index in [1.807, 2.05) is 0 Å². The van der Waals surface area contributed by atoms with Gasteiger partial charge in [-0.05, 0) is 24.3 Å². The first-order chi connectivity index (χ1) is 8.21. The fourth-order valence-electron chi connectivity index (χ4n) is 1.18. The number of benzene rings is 1. The van der Waals surface area contributed by atoms with Crippen molar-refractivity contribution in [2.75, 3.05) is 26.9 Å². The van der Waals surface area contributed by atoms with Crippen molar-refractivity contribution in [1.29, 1.82) is 0 Å². The van der Waals surface area contributed by atoms with Crippen molar-refractivity contribution in [2.24, 2.45) is 5.92 Å². The van der Waals surface area contributed by atoms with E-state index in [-0.39, 0.29) is 25.7 Å². The summed E-state index contributed by atoms with van der Waals surface area (Å²) in [5.74, 6) is -0.125. The van der Waals surface area contributed by atoms with Crippen LogP contribution in [0.3, 0.4) is 0 Å². The number of hydrogen-bond acceptors (Lipinski definition) is 5. The normalized spacial score (nSPS) is 10.4. The Bertz CT molecular complexity index is 342. The maximum absolute atomic E-state index is 11.2. The Kier molecular flexibility index (Phi) is 5.45. The molecule has 1 rings (SSSR count). The van der Waals surface area contributed by atoms with E-state index in [2.05, 4.69) is 4.74 Å². The van der Waals surface area contributed by atoms with E-state index >= 15 is 0 Å². The maximum Gasteiger partial charge on any atom is 0.337 e. The molecule has 0 aromatic heterocycles. The number of ether oxygens (including phenoxy) is 2. The van der Waals surface area contributed by atoms with Gasteiger partial charge in [0, 0.05) is 5.92 Å². The van der Waals surface area contributed by atoms with Gasteiger partial charge in [-0.15, -0.1) is 0 Å². The minimum Gasteiger partial charge on any atom is -0.493 e. The van der Waals surface area contributed by atoms with Gasteiger partial charge in [-0.2, -0.15) is 0 Å². The third kappa shape index (κ3) is 4.05. The highest BCUT2D eigenvalue weighted by atomic mass is 16.5. The number of aliphatic hydroxyl groups is 2. The first kappa shape index (κ1) is 13.5. The van der Waals surface area contributed by atoms with E-state index in [4.69, 9.17) is 14.9 Å². The molecule has 1 aromatic rings. The topological polar surface area (TPSA) is 76.0 Å². The van der Waals surface area contributed by atoms with Crippen molar-refractivity contribution in [3.05, 3.63) is 29.8 Å². The average molecular weight is 240 g/mol. The molecule has 0 heterocycles. The Labute approximate surface area is 99.6 Å². The van der Waals surface area contributed by atoms with Crippen LogP contribution in [0, 0.1) is 5.92 Å². The van der Waals surface area contributed by atoms with Crippen LogP contribution in [0.4, 0.5) is 0 Å². The lowest BCUT2D eigenvalue weighted by atomic mass is 10.2. The molecule has 2 N–H and O–H groups in total. The zero-order valence-corrected chi connectivity index (χ0v) is 9.63. The minimum atomic E-state index is -0.403. The molecule has 0 aliphatic heterocycles. The lowest BCUT2D eigenvalue weighted by Crippen LogP contribution is -2.19. The van der Waals surface area contributed by atoms with Crippen LogP contribution in [-0.2, 0) is 4.74 Å². The van der Waals surface area contributed by atoms with Crippen molar-refractivity contribution in [3.63, 3.8) is 0 Å². The largest absolute Gasteiger partial charge is 0.493 e. The summed E-state index contributed by atoms with van der Waals surface area (Å²) in [6.07, 6.45) is 0. The summed E-state index contributed by atoms with van der Waals surface area (Å²) in [6, 6.07) is 6.46. The molecule has 5 nitrogen and oxygen atoms in total. The molecule has 0 aliphatic carbocycles. The van der Waals surface area contributed by atoms with Crippen LogP contribution in [0.5, 0.6) is 5.75 Å². The minimum absolute atomic E-state index is 0.128. The molecule has 94 valence electrons. The van der Waals surface area contributed by atoms with Gasteiger partial charge in [0.05, 0.1) is 32.5 Å². The predicted octanol–water partition coefficient (Wildman–Crippen LogP) is 0.453. The molecule has 0 atom stereocenters. The number of rotatable bonds is 6. The summed E-state index contributed by atoms with van der Waals surface area (Å²) in [4.78, 5) is 11.2. The highest BCUT2D eigenvalue weighted by molar-refractivity contribution is 5.89. The van der Waals surface area contributed by atoms with Crippen molar-refractivity contribution in [1.82, 2.24) is 0 Å². The van der Waals surface area contributed by atoms with Crippen molar-refractivity contribution < 1.29 is 24.5 Å². The van der Waals surface area contributed by atoms with Crippen LogP contribution < -0.4 is 4.74 Å². The Balaban J connectivity index is 2.53. The molecule has 5 heteroatoms. The standard InChI is InChI=1S/C12H16O5/c1-16-12(15)10-2-4-11(5-3-10)17-8-9(6-13)7-14/h2-5,9,13-14H,6-8H2,1H3. The summed E-state index contributed by atoms with van der Waals surface area (Å²) < 4.78 is 9.91. The Hall–Kier alpha value is -1.59. The van der Waals surface area contributed by atoms with Gasteiger partial charge in [0.25, 0.3) is 0 Å². The number of carbonyl (C=O) groups is 1. The van der Waals surface area contributed by atoms with E-state index in [0.29, 0.717) is 11.3 Å². The average Bonchev–Trinajstić information content (AvgIpc) is 2.39. The number of hydrogen-bond donors (Lipinski definition) is 2. The number of aliphatic hydroxyl groups excluding tert-OH is 2. The molecule has 0 aliphatic rings. The Morgan fingerprint density at radius 2 is 1.82 bits per heavy atom. The quantitative estimate of drug-likeness (QED) is 0.706. The van der Waals surface area contributed by atoms with Crippen LogP contribution >= 0.6 is 0 Å². The molecule has 0 bridgehead atoms. The van der Waals surface area contributed by atoms with E-state index < -0.39 is 5.97 Å². The van der Waals surface area contributed by atoms with Crippen molar-refractivity contribution >= 4 is 5.97 Å². The molecule has 0 radical (unpaired) electrons. The number of esters is 1. The van der Waals surface area contributed by atoms with Crippen LogP contribution in [-0.4, -0.2) is 43.1 Å². The summed E-state index contributed by atoms with van der Waals surface area (Å²) in [7, 11) is 1.32. The zero-order chi connectivity index (χ0) is 12.7. The highest BCUT2D eigenvalue weighted by Gasteiger charge is 2.08. The van der Waals surface area contributed by atoms with Crippen molar-refractivity contribution in [2.45, 2.75) is 0 Å². The number of carbonyl (C=O) groups excluding carboxylic acids is 1. The smallest absolute Gasteiger partial charge is 0.337 e. The van der Waals surface area contributed by atoms with Crippen LogP contribution in [0.1, 0.15) is 10.4 Å². The molecule has 17 heavy (non-hydrogen) atoms. The fourth-order valence-corrected chi connectivity index (χ4v) is 1.18. The summed E-state index contributed by atoms with van der Waals surface area (Å²) in [6.45, 7) is -0.0297. The van der Waals surface area contributed by atoms with Crippen molar-refractivity contribution in [3.8, 4) is 5.75 Å². The van der Waals surface area contributed by atoms with Gasteiger partial charge in [-0.25, -0.2) is 4.79 Å². The van der Waals surface area contributed by atoms with Gasteiger partial charge in [0.15, 0.2) is 0 Å². The second-order valence-electron chi connectivity index (χ2n) is 3.56. The zero-order valence-electron chi connectivity index (χ0n) is 9.63. The summed E-state index contributed by atoms with van der Waals surface area (Å²) in [5.41, 5.74) is 0.445. The van der Waals surface area contributed by atoms with Gasteiger partial charge >= 0.3 is 5.97 Å². The number of methoxy groups -OCH3 is 1. The molecular weight excluding hydrogens is 224 g/mol. The third-order valence-corrected chi connectivity index (χ3v) is 2.28. The van der Waals surface area contributed by atoms with E-state index in [9.17, 15) is 4.79 Å². The van der Waals surface area contributed by atoms with Gasteiger partial charge in [0.2, 0.25) is 0 Å². The fraction of sp³-hybridized carbons (Fsp3) is 0.417. The molecule has 0 saturated carbocycles. The van der Waals surface area contributed by atoms with Crippen LogP contribution in [0.15, 0.2) is 24.3 Å². The summed E-state index contributed by atoms with van der Waals surface area (Å²) >= 11 is 0. The molecule has 0 unspecified atom stereocenters. The summed E-state index contributed by atoms with van der Waals surface area (Å²) in [5, 5.41) is 17.7. The SMILES string of the molecule is COC(=O)c1ccc(OCC(CO)CO)cc1. The molecular formula is C12H16O5. The second kappa shape index (κ2) is 6.88. The third-order valence-electron chi connectivity index (χ3n) is 2.28. The van der Waals surface area contributed by atoms with Gasteiger partial charge in [-0.1, -0.05) is 0 Å². The monoisotopic (exact) mass is 240 g/mol. The van der Waals surface area contributed by atoms with Gasteiger partial charge in [-0.3, -0.25) is 0 Å². The van der Waals surface area contributed by atoms with Crippen LogP contribution in [0.2, 0.25) is 0 Å². The first-order valence-electron chi connectivity index (χ1n) is 5.24. The Morgan fingerprint density at radius 3 is 2.29 bits per heavy atom. The molecule has 0 saturated heterocycles. The molecule has 1 aromatic carbocycles. The molecule has 0 fully saturated rings. The maximum atomic E-state index is 11.2.